The zero-order valence-corrected chi connectivity index (χ0v) is 16.7. The third-order valence-electron chi connectivity index (χ3n) is 5.50. The Morgan fingerprint density at radius 1 is 1.31 bits per heavy atom. The number of aryl methyl sites for hydroxylation is 1. The fourth-order valence-electron chi connectivity index (χ4n) is 4.18. The predicted molar refractivity (Wildman–Crippen MR) is 107 cm³/mol. The van der Waals surface area contributed by atoms with Gasteiger partial charge in [0.2, 0.25) is 0 Å². The summed E-state index contributed by atoms with van der Waals surface area (Å²) in [5.74, 6) is -0.543. The molecule has 2 aliphatic heterocycles. The summed E-state index contributed by atoms with van der Waals surface area (Å²) in [7, 11) is 0. The van der Waals surface area contributed by atoms with Crippen LogP contribution in [0.4, 0.5) is 0 Å². The fourth-order valence-corrected chi connectivity index (χ4v) is 4.18. The van der Waals surface area contributed by atoms with E-state index < -0.39 is 11.5 Å². The Morgan fingerprint density at radius 3 is 2.93 bits per heavy atom. The van der Waals surface area contributed by atoms with E-state index in [9.17, 15) is 9.59 Å². The van der Waals surface area contributed by atoms with Gasteiger partial charge in [-0.25, -0.2) is 0 Å². The van der Waals surface area contributed by atoms with Crippen molar-refractivity contribution >= 4 is 11.9 Å². The molecule has 1 N–H and O–H groups in total. The van der Waals surface area contributed by atoms with Crippen LogP contribution >= 0.6 is 0 Å². The van der Waals surface area contributed by atoms with Gasteiger partial charge in [-0.2, -0.15) is 0 Å². The van der Waals surface area contributed by atoms with Gasteiger partial charge in [0.1, 0.15) is 17.9 Å². The van der Waals surface area contributed by atoms with E-state index >= 15 is 0 Å². The SMILES string of the molecule is CCOC(=O)[C@@H]1CN(Cc2cccc(C)n2)C[C@]12COc1ccccc1C(=O)N2. The molecular formula is C22H25N3O4. The zero-order valence-electron chi connectivity index (χ0n) is 16.7. The number of nitrogens with one attached hydrogen (secondary N) is 1. The number of aromatic nitrogens is 1. The molecule has 2 aliphatic rings. The number of hydrogen-bond donors (Lipinski definition) is 1. The van der Waals surface area contributed by atoms with Gasteiger partial charge >= 0.3 is 5.97 Å². The maximum absolute atomic E-state index is 12.9. The van der Waals surface area contributed by atoms with Gasteiger partial charge in [0.05, 0.1) is 23.8 Å². The van der Waals surface area contributed by atoms with E-state index in [2.05, 4.69) is 15.2 Å². The van der Waals surface area contributed by atoms with Gasteiger partial charge in [-0.3, -0.25) is 19.5 Å². The number of carbonyl (C=O) groups excluding carboxylic acids is 2. The van der Waals surface area contributed by atoms with Gasteiger partial charge in [-0.05, 0) is 38.1 Å². The lowest BCUT2D eigenvalue weighted by Gasteiger charge is -2.32. The number of pyridine rings is 1. The summed E-state index contributed by atoms with van der Waals surface area (Å²) < 4.78 is 11.3. The number of fused-ring (bicyclic) bond motifs is 1. The second-order valence-electron chi connectivity index (χ2n) is 7.64. The van der Waals surface area contributed by atoms with E-state index in [-0.39, 0.29) is 18.5 Å². The van der Waals surface area contributed by atoms with Crippen molar-refractivity contribution in [2.24, 2.45) is 5.92 Å². The predicted octanol–water partition coefficient (Wildman–Crippen LogP) is 1.95. The summed E-state index contributed by atoms with van der Waals surface area (Å²) in [6.45, 7) is 5.76. The van der Waals surface area contributed by atoms with Crippen molar-refractivity contribution in [3.05, 3.63) is 59.4 Å². The van der Waals surface area contributed by atoms with Gasteiger partial charge in [0.15, 0.2) is 0 Å². The van der Waals surface area contributed by atoms with Crippen molar-refractivity contribution in [3.63, 3.8) is 0 Å². The molecule has 7 heteroatoms. The first-order valence-electron chi connectivity index (χ1n) is 9.86. The van der Waals surface area contributed by atoms with E-state index in [0.717, 1.165) is 11.4 Å². The molecule has 1 saturated heterocycles. The molecule has 0 saturated carbocycles. The Labute approximate surface area is 170 Å². The number of benzene rings is 1. The number of amides is 1. The van der Waals surface area contributed by atoms with Crippen LogP contribution in [0.15, 0.2) is 42.5 Å². The highest BCUT2D eigenvalue weighted by molar-refractivity contribution is 5.98. The molecule has 0 unspecified atom stereocenters. The number of likely N-dealkylation sites (tertiary alicyclic amines) is 1. The van der Waals surface area contributed by atoms with Gasteiger partial charge < -0.3 is 14.8 Å². The number of esters is 1. The zero-order chi connectivity index (χ0) is 20.4. The highest BCUT2D eigenvalue weighted by Gasteiger charge is 2.53. The first-order valence-corrected chi connectivity index (χ1v) is 9.86. The summed E-state index contributed by atoms with van der Waals surface area (Å²) in [6.07, 6.45) is 0. The van der Waals surface area contributed by atoms with Gasteiger partial charge in [-0.15, -0.1) is 0 Å². The average Bonchev–Trinajstić information content (AvgIpc) is 2.97. The van der Waals surface area contributed by atoms with E-state index in [4.69, 9.17) is 9.47 Å². The molecule has 1 amide bonds. The molecular weight excluding hydrogens is 370 g/mol. The maximum Gasteiger partial charge on any atom is 0.312 e. The van der Waals surface area contributed by atoms with Crippen LogP contribution in [0.2, 0.25) is 0 Å². The van der Waals surface area contributed by atoms with E-state index in [1.54, 1.807) is 25.1 Å². The van der Waals surface area contributed by atoms with Crippen LogP contribution in [-0.4, -0.2) is 53.6 Å². The topological polar surface area (TPSA) is 80.8 Å². The molecule has 7 nitrogen and oxygen atoms in total. The van der Waals surface area contributed by atoms with Crippen molar-refractivity contribution < 1.29 is 19.1 Å². The minimum atomic E-state index is -0.855. The lowest BCUT2D eigenvalue weighted by molar-refractivity contribution is -0.150. The van der Waals surface area contributed by atoms with Crippen LogP contribution in [-0.2, 0) is 16.1 Å². The highest BCUT2D eigenvalue weighted by atomic mass is 16.5. The Kier molecular flexibility index (Phi) is 5.24. The second kappa shape index (κ2) is 7.83. The second-order valence-corrected chi connectivity index (χ2v) is 7.64. The lowest BCUT2D eigenvalue weighted by Crippen LogP contribution is -2.59. The number of hydrogen-bond acceptors (Lipinski definition) is 6. The maximum atomic E-state index is 12.9. The number of para-hydroxylation sites is 1. The Balaban J connectivity index is 1.62. The number of ether oxygens (including phenoxy) is 2. The van der Waals surface area contributed by atoms with Gasteiger partial charge in [0, 0.05) is 25.3 Å². The standard InChI is InChI=1S/C22H25N3O4/c1-3-28-21(27)18-12-25(11-16-8-6-7-15(2)23-16)13-22(18)14-29-19-10-5-4-9-17(19)20(26)24-22/h4-10,18H,3,11-14H2,1-2H3,(H,24,26)/t18-,22-/m0/s1. The molecule has 4 rings (SSSR count). The van der Waals surface area contributed by atoms with Crippen molar-refractivity contribution in [3.8, 4) is 5.75 Å². The highest BCUT2D eigenvalue weighted by Crippen LogP contribution is 2.34. The van der Waals surface area contributed by atoms with Crippen LogP contribution in [0.1, 0.15) is 28.7 Å². The minimum absolute atomic E-state index is 0.205. The smallest absolute Gasteiger partial charge is 0.312 e. The number of carbonyl (C=O) groups is 2. The Bertz CT molecular complexity index is 932. The number of rotatable bonds is 4. The van der Waals surface area contributed by atoms with Gasteiger partial charge in [-0.1, -0.05) is 18.2 Å². The normalized spacial score (nSPS) is 23.8. The minimum Gasteiger partial charge on any atom is -0.490 e. The van der Waals surface area contributed by atoms with Crippen molar-refractivity contribution in [1.82, 2.24) is 15.2 Å². The first-order chi connectivity index (χ1) is 14.0. The summed E-state index contributed by atoms with van der Waals surface area (Å²) >= 11 is 0. The van der Waals surface area contributed by atoms with E-state index in [1.165, 1.54) is 0 Å². The molecule has 0 bridgehead atoms. The molecule has 29 heavy (non-hydrogen) atoms. The van der Waals surface area contributed by atoms with Crippen LogP contribution in [0.3, 0.4) is 0 Å². The summed E-state index contributed by atoms with van der Waals surface area (Å²) in [5.41, 5.74) is 1.49. The summed E-state index contributed by atoms with van der Waals surface area (Å²) in [5, 5.41) is 3.10. The molecule has 3 heterocycles. The first kappa shape index (κ1) is 19.4. The summed E-state index contributed by atoms with van der Waals surface area (Å²) in [4.78, 5) is 32.4. The molecule has 1 fully saturated rings. The Morgan fingerprint density at radius 2 is 2.14 bits per heavy atom. The molecule has 152 valence electrons. The van der Waals surface area contributed by atoms with Gasteiger partial charge in [0.25, 0.3) is 5.91 Å². The molecule has 1 aromatic carbocycles. The monoisotopic (exact) mass is 395 g/mol. The molecule has 0 aliphatic carbocycles. The average molecular weight is 395 g/mol. The van der Waals surface area contributed by atoms with Crippen LogP contribution in [0.25, 0.3) is 0 Å². The largest absolute Gasteiger partial charge is 0.490 e. The third-order valence-corrected chi connectivity index (χ3v) is 5.50. The fraction of sp³-hybridized carbons (Fsp3) is 0.409. The third kappa shape index (κ3) is 3.82. The molecule has 1 aromatic heterocycles. The molecule has 1 spiro atoms. The van der Waals surface area contributed by atoms with Crippen molar-refractivity contribution in [2.75, 3.05) is 26.3 Å². The van der Waals surface area contributed by atoms with Crippen molar-refractivity contribution in [2.45, 2.75) is 25.9 Å². The van der Waals surface area contributed by atoms with E-state index in [0.29, 0.717) is 37.6 Å². The Hall–Kier alpha value is -2.93. The number of nitrogens with zero attached hydrogens (tertiary/aromatic N) is 2. The molecule has 2 aromatic rings. The van der Waals surface area contributed by atoms with Crippen LogP contribution in [0, 0.1) is 12.8 Å². The van der Waals surface area contributed by atoms with Crippen LogP contribution < -0.4 is 10.1 Å². The quantitative estimate of drug-likeness (QED) is 0.797. The summed E-state index contributed by atoms with van der Waals surface area (Å²) in [6, 6.07) is 13.0. The van der Waals surface area contributed by atoms with Crippen molar-refractivity contribution in [1.29, 1.82) is 0 Å². The van der Waals surface area contributed by atoms with Crippen LogP contribution in [0.5, 0.6) is 5.75 Å². The lowest BCUT2D eigenvalue weighted by atomic mass is 9.87. The molecule has 2 atom stereocenters. The molecule has 0 radical (unpaired) electrons. The van der Waals surface area contributed by atoms with E-state index in [1.807, 2.05) is 31.2 Å².